The van der Waals surface area contributed by atoms with Gasteiger partial charge >= 0.3 is 0 Å². The SMILES string of the molecule is O=C(Nc1cc(-n2ccnc2)ncn1)c1ccno1. The van der Waals surface area contributed by atoms with Gasteiger partial charge in [0.05, 0.1) is 6.20 Å². The molecule has 3 heterocycles. The van der Waals surface area contributed by atoms with Crippen LogP contribution in [-0.2, 0) is 0 Å². The van der Waals surface area contributed by atoms with Crippen LogP contribution in [0.1, 0.15) is 10.6 Å². The van der Waals surface area contributed by atoms with Gasteiger partial charge in [-0.15, -0.1) is 0 Å². The zero-order chi connectivity index (χ0) is 13.1. The second kappa shape index (κ2) is 4.69. The van der Waals surface area contributed by atoms with Gasteiger partial charge in [-0.1, -0.05) is 5.16 Å². The molecule has 0 unspecified atom stereocenters. The standard InChI is InChI=1S/C11H8N6O2/c18-11(8-1-2-15-19-8)16-9-5-10(14-6-13-9)17-4-3-12-7-17/h1-7H,(H,13,14,16,18). The molecule has 94 valence electrons. The van der Waals surface area contributed by atoms with Crippen molar-refractivity contribution in [2.24, 2.45) is 0 Å². The maximum Gasteiger partial charge on any atom is 0.295 e. The van der Waals surface area contributed by atoms with Gasteiger partial charge in [-0.25, -0.2) is 15.0 Å². The highest BCUT2D eigenvalue weighted by Crippen LogP contribution is 2.10. The number of hydrogen-bond acceptors (Lipinski definition) is 6. The lowest BCUT2D eigenvalue weighted by molar-refractivity contribution is 0.0987. The quantitative estimate of drug-likeness (QED) is 0.747. The number of carbonyl (C=O) groups is 1. The van der Waals surface area contributed by atoms with E-state index in [1.54, 1.807) is 29.4 Å². The van der Waals surface area contributed by atoms with Crippen molar-refractivity contribution in [1.82, 2.24) is 24.7 Å². The average molecular weight is 256 g/mol. The van der Waals surface area contributed by atoms with Gasteiger partial charge in [0.1, 0.15) is 24.3 Å². The molecule has 0 aliphatic rings. The number of imidazole rings is 1. The van der Waals surface area contributed by atoms with Crippen LogP contribution in [0.25, 0.3) is 5.82 Å². The first kappa shape index (κ1) is 11.1. The maximum absolute atomic E-state index is 11.7. The minimum Gasteiger partial charge on any atom is -0.351 e. The Morgan fingerprint density at radius 1 is 1.32 bits per heavy atom. The predicted molar refractivity (Wildman–Crippen MR) is 63.6 cm³/mol. The summed E-state index contributed by atoms with van der Waals surface area (Å²) in [5.41, 5.74) is 0. The van der Waals surface area contributed by atoms with Crippen LogP contribution in [0.5, 0.6) is 0 Å². The Labute approximate surface area is 107 Å². The normalized spacial score (nSPS) is 10.3. The van der Waals surface area contributed by atoms with Crippen molar-refractivity contribution in [1.29, 1.82) is 0 Å². The van der Waals surface area contributed by atoms with Crippen LogP contribution < -0.4 is 5.32 Å². The highest BCUT2D eigenvalue weighted by molar-refractivity contribution is 6.01. The number of rotatable bonds is 3. The molecule has 0 bridgehead atoms. The van der Waals surface area contributed by atoms with Crippen LogP contribution in [0.3, 0.4) is 0 Å². The Kier molecular flexibility index (Phi) is 2.73. The molecule has 0 radical (unpaired) electrons. The molecule has 1 amide bonds. The summed E-state index contributed by atoms with van der Waals surface area (Å²) < 4.78 is 6.45. The van der Waals surface area contributed by atoms with Gasteiger partial charge in [0.15, 0.2) is 0 Å². The average Bonchev–Trinajstić information content (AvgIpc) is 3.13. The molecule has 0 spiro atoms. The van der Waals surface area contributed by atoms with E-state index in [4.69, 9.17) is 4.52 Å². The van der Waals surface area contributed by atoms with E-state index >= 15 is 0 Å². The first-order valence-corrected chi connectivity index (χ1v) is 5.35. The van der Waals surface area contributed by atoms with Crippen molar-refractivity contribution in [3.63, 3.8) is 0 Å². The van der Waals surface area contributed by atoms with Gasteiger partial charge < -0.3 is 9.84 Å². The van der Waals surface area contributed by atoms with E-state index in [1.807, 2.05) is 0 Å². The molecule has 3 rings (SSSR count). The second-order valence-electron chi connectivity index (χ2n) is 3.56. The van der Waals surface area contributed by atoms with Crippen LogP contribution in [0.15, 0.2) is 47.9 Å². The van der Waals surface area contributed by atoms with Crippen LogP contribution in [-0.4, -0.2) is 30.6 Å². The van der Waals surface area contributed by atoms with Crippen molar-refractivity contribution in [3.05, 3.63) is 49.1 Å². The third kappa shape index (κ3) is 2.32. The van der Waals surface area contributed by atoms with E-state index < -0.39 is 5.91 Å². The van der Waals surface area contributed by atoms with E-state index in [1.165, 1.54) is 18.6 Å². The number of nitrogens with one attached hydrogen (secondary N) is 1. The summed E-state index contributed by atoms with van der Waals surface area (Å²) in [6.07, 6.45) is 7.72. The Hall–Kier alpha value is -3.03. The Morgan fingerprint density at radius 3 is 3.00 bits per heavy atom. The van der Waals surface area contributed by atoms with Crippen LogP contribution in [0, 0.1) is 0 Å². The summed E-state index contributed by atoms with van der Waals surface area (Å²) >= 11 is 0. The number of anilines is 1. The zero-order valence-electron chi connectivity index (χ0n) is 9.59. The number of hydrogen-bond donors (Lipinski definition) is 1. The van der Waals surface area contributed by atoms with Crippen LogP contribution in [0.2, 0.25) is 0 Å². The monoisotopic (exact) mass is 256 g/mol. The molecule has 8 heteroatoms. The van der Waals surface area contributed by atoms with Crippen molar-refractivity contribution in [3.8, 4) is 5.82 Å². The zero-order valence-corrected chi connectivity index (χ0v) is 9.59. The van der Waals surface area contributed by atoms with Crippen LogP contribution >= 0.6 is 0 Å². The number of nitrogens with zero attached hydrogens (tertiary/aromatic N) is 5. The van der Waals surface area contributed by atoms with E-state index in [0.29, 0.717) is 11.6 Å². The Bertz CT molecular complexity index is 677. The van der Waals surface area contributed by atoms with Gasteiger partial charge in [0, 0.05) is 24.5 Å². The molecule has 0 aliphatic carbocycles. The van der Waals surface area contributed by atoms with Crippen LogP contribution in [0.4, 0.5) is 5.82 Å². The first-order valence-electron chi connectivity index (χ1n) is 5.35. The van der Waals surface area contributed by atoms with E-state index in [2.05, 4.69) is 25.4 Å². The van der Waals surface area contributed by atoms with E-state index in [0.717, 1.165) is 0 Å². The minimum atomic E-state index is -0.423. The molecule has 0 aliphatic heterocycles. The number of aromatic nitrogens is 5. The summed E-state index contributed by atoms with van der Waals surface area (Å²) in [5, 5.41) is 6.05. The Morgan fingerprint density at radius 2 is 2.26 bits per heavy atom. The van der Waals surface area contributed by atoms with Crippen molar-refractivity contribution < 1.29 is 9.32 Å². The van der Waals surface area contributed by atoms with Crippen molar-refractivity contribution in [2.45, 2.75) is 0 Å². The van der Waals surface area contributed by atoms with Gasteiger partial charge in [-0.2, -0.15) is 0 Å². The molecule has 0 saturated carbocycles. The predicted octanol–water partition coefficient (Wildman–Crippen LogP) is 0.903. The van der Waals surface area contributed by atoms with Gasteiger partial charge in [-0.05, 0) is 0 Å². The molecule has 8 nitrogen and oxygen atoms in total. The molecular formula is C11H8N6O2. The maximum atomic E-state index is 11.7. The molecule has 3 aromatic rings. The smallest absolute Gasteiger partial charge is 0.295 e. The van der Waals surface area contributed by atoms with Crippen molar-refractivity contribution in [2.75, 3.05) is 5.32 Å². The fourth-order valence-electron chi connectivity index (χ4n) is 1.46. The Balaban J connectivity index is 1.82. The highest BCUT2D eigenvalue weighted by Gasteiger charge is 2.11. The van der Waals surface area contributed by atoms with Gasteiger partial charge in [-0.3, -0.25) is 9.36 Å². The lowest BCUT2D eigenvalue weighted by Crippen LogP contribution is -2.12. The summed E-state index contributed by atoms with van der Waals surface area (Å²) in [6.45, 7) is 0. The minimum absolute atomic E-state index is 0.114. The van der Waals surface area contributed by atoms with Crippen molar-refractivity contribution >= 4 is 11.7 Å². The first-order chi connectivity index (χ1) is 9.33. The van der Waals surface area contributed by atoms with Gasteiger partial charge in [0.25, 0.3) is 5.91 Å². The topological polar surface area (TPSA) is 98.7 Å². The molecule has 0 saturated heterocycles. The lowest BCUT2D eigenvalue weighted by atomic mass is 10.4. The van der Waals surface area contributed by atoms with Gasteiger partial charge in [0.2, 0.25) is 5.76 Å². The molecule has 0 aromatic carbocycles. The summed E-state index contributed by atoms with van der Waals surface area (Å²) in [4.78, 5) is 23.7. The summed E-state index contributed by atoms with van der Waals surface area (Å²) in [6, 6.07) is 3.09. The summed E-state index contributed by atoms with van der Waals surface area (Å²) in [7, 11) is 0. The lowest BCUT2D eigenvalue weighted by Gasteiger charge is -2.04. The third-order valence-corrected chi connectivity index (χ3v) is 2.32. The molecular weight excluding hydrogens is 248 g/mol. The molecule has 0 fully saturated rings. The third-order valence-electron chi connectivity index (χ3n) is 2.32. The highest BCUT2D eigenvalue weighted by atomic mass is 16.5. The van der Waals surface area contributed by atoms with E-state index in [-0.39, 0.29) is 5.76 Å². The molecule has 1 N–H and O–H groups in total. The molecule has 19 heavy (non-hydrogen) atoms. The van der Waals surface area contributed by atoms with E-state index in [9.17, 15) is 4.79 Å². The summed E-state index contributed by atoms with van der Waals surface area (Å²) in [5.74, 6) is 0.649. The number of carbonyl (C=O) groups excluding carboxylic acids is 1. The molecule has 3 aromatic heterocycles. The fourth-order valence-corrected chi connectivity index (χ4v) is 1.46. The largest absolute Gasteiger partial charge is 0.351 e. The fraction of sp³-hybridized carbons (Fsp3) is 0. The molecule has 0 atom stereocenters. The second-order valence-corrected chi connectivity index (χ2v) is 3.56. The number of amides is 1.